The molecule has 4 rings (SSSR count). The van der Waals surface area contributed by atoms with Crippen LogP contribution in [-0.2, 0) is 11.3 Å². The van der Waals surface area contributed by atoms with E-state index in [2.05, 4.69) is 27.0 Å². The minimum atomic E-state index is -0.488. The van der Waals surface area contributed by atoms with Gasteiger partial charge in [0.05, 0.1) is 23.5 Å². The Hall–Kier alpha value is -3.57. The summed E-state index contributed by atoms with van der Waals surface area (Å²) in [4.78, 5) is 41.0. The van der Waals surface area contributed by atoms with Gasteiger partial charge >= 0.3 is 0 Å². The number of hydrogen-bond donors (Lipinski definition) is 1. The fourth-order valence-corrected chi connectivity index (χ4v) is 4.03. The molecule has 8 nitrogen and oxygen atoms in total. The molecule has 1 N–H and O–H groups in total. The van der Waals surface area contributed by atoms with Crippen LogP contribution in [0.4, 0.5) is 0 Å². The highest BCUT2D eigenvalue weighted by molar-refractivity contribution is 6.08. The molecule has 1 aliphatic heterocycles. The topological polar surface area (TPSA) is 106 Å². The van der Waals surface area contributed by atoms with E-state index < -0.39 is 5.41 Å². The third-order valence-corrected chi connectivity index (χ3v) is 5.89. The van der Waals surface area contributed by atoms with E-state index in [-0.39, 0.29) is 18.1 Å². The van der Waals surface area contributed by atoms with Crippen molar-refractivity contribution in [1.82, 2.24) is 24.8 Å². The number of nitriles is 1. The summed E-state index contributed by atoms with van der Waals surface area (Å²) in [5.74, 6) is -0.0583. The number of nitrogens with one attached hydrogen (secondary N) is 1. The zero-order chi connectivity index (χ0) is 23.6. The molecule has 3 aromatic rings. The second kappa shape index (κ2) is 9.12. The molecule has 0 radical (unpaired) electrons. The maximum atomic E-state index is 12.7. The number of amides is 1. The number of piperazine rings is 1. The number of carbonyl (C=O) groups excluding carboxylic acids is 2. The summed E-state index contributed by atoms with van der Waals surface area (Å²) in [5, 5.41) is 8.72. The van der Waals surface area contributed by atoms with Gasteiger partial charge in [-0.3, -0.25) is 14.5 Å². The lowest BCUT2D eigenvalue weighted by Crippen LogP contribution is -2.48. The van der Waals surface area contributed by atoms with Gasteiger partial charge in [-0.25, -0.2) is 9.97 Å². The molecule has 2 aromatic heterocycles. The van der Waals surface area contributed by atoms with Gasteiger partial charge in [0.15, 0.2) is 11.4 Å². The van der Waals surface area contributed by atoms with Gasteiger partial charge in [0.2, 0.25) is 5.91 Å². The Morgan fingerprint density at radius 2 is 1.94 bits per heavy atom. The number of carbonyl (C=O) groups is 2. The molecule has 0 unspecified atom stereocenters. The minimum Gasteiger partial charge on any atom is -0.344 e. The van der Waals surface area contributed by atoms with Crippen LogP contribution in [-0.4, -0.2) is 62.6 Å². The summed E-state index contributed by atoms with van der Waals surface area (Å²) in [6, 6.07) is 10.1. The average Bonchev–Trinajstić information content (AvgIpc) is 3.22. The molecule has 170 valence electrons. The number of nitrogens with zero attached hydrogens (tertiary/aromatic N) is 5. The molecule has 0 spiro atoms. The van der Waals surface area contributed by atoms with E-state index in [0.29, 0.717) is 29.8 Å². The molecule has 3 heterocycles. The number of fused-ring (bicyclic) bond motifs is 1. The van der Waals surface area contributed by atoms with Crippen molar-refractivity contribution in [2.24, 2.45) is 5.41 Å². The maximum absolute atomic E-state index is 12.7. The SMILES string of the molecule is CC(C)(C)C(=O)c1c[nH]c2nc(-c3cccc(CN4CCN(C(=O)CC#N)CC4)c3)cnc12. The number of ketones is 1. The Labute approximate surface area is 193 Å². The molecule has 1 fully saturated rings. The third-order valence-electron chi connectivity index (χ3n) is 5.89. The Kier molecular flexibility index (Phi) is 6.25. The van der Waals surface area contributed by atoms with Crippen LogP contribution in [0, 0.1) is 16.7 Å². The fourth-order valence-electron chi connectivity index (χ4n) is 4.03. The van der Waals surface area contributed by atoms with Crippen LogP contribution in [0.15, 0.2) is 36.7 Å². The molecule has 0 saturated carbocycles. The lowest BCUT2D eigenvalue weighted by Gasteiger charge is -2.34. The zero-order valence-electron chi connectivity index (χ0n) is 19.3. The van der Waals surface area contributed by atoms with Crippen molar-refractivity contribution in [2.45, 2.75) is 33.7 Å². The summed E-state index contributed by atoms with van der Waals surface area (Å²) in [7, 11) is 0. The Morgan fingerprint density at radius 1 is 1.18 bits per heavy atom. The van der Waals surface area contributed by atoms with Crippen LogP contribution in [0.5, 0.6) is 0 Å². The highest BCUT2D eigenvalue weighted by atomic mass is 16.2. The van der Waals surface area contributed by atoms with Crippen LogP contribution in [0.1, 0.15) is 43.1 Å². The molecule has 1 aliphatic rings. The molecule has 1 amide bonds. The predicted molar refractivity (Wildman–Crippen MR) is 125 cm³/mol. The third kappa shape index (κ3) is 4.94. The van der Waals surface area contributed by atoms with Crippen molar-refractivity contribution in [3.8, 4) is 17.3 Å². The molecular weight excluding hydrogens is 416 g/mol. The van der Waals surface area contributed by atoms with Gasteiger partial charge in [-0.2, -0.15) is 5.26 Å². The van der Waals surface area contributed by atoms with Crippen molar-refractivity contribution < 1.29 is 9.59 Å². The molecule has 0 aliphatic carbocycles. The van der Waals surface area contributed by atoms with Crippen molar-refractivity contribution in [3.63, 3.8) is 0 Å². The normalized spacial score (nSPS) is 14.9. The number of H-pyrrole nitrogens is 1. The van der Waals surface area contributed by atoms with Crippen molar-refractivity contribution in [1.29, 1.82) is 5.26 Å². The summed E-state index contributed by atoms with van der Waals surface area (Å²) in [5.41, 5.74) is 4.13. The summed E-state index contributed by atoms with van der Waals surface area (Å²) >= 11 is 0. The Morgan fingerprint density at radius 3 is 2.64 bits per heavy atom. The predicted octanol–water partition coefficient (Wildman–Crippen LogP) is 3.41. The van der Waals surface area contributed by atoms with E-state index in [9.17, 15) is 9.59 Å². The number of rotatable bonds is 5. The largest absolute Gasteiger partial charge is 0.344 e. The fraction of sp³-hybridized carbons (Fsp3) is 0.400. The quantitative estimate of drug-likeness (QED) is 0.605. The minimum absolute atomic E-state index is 0.0345. The number of aromatic amines is 1. The number of Topliss-reactive ketones (excluding diaryl/α,β-unsaturated/α-hetero) is 1. The van der Waals surface area contributed by atoms with Gasteiger partial charge in [0.1, 0.15) is 11.9 Å². The molecule has 0 bridgehead atoms. The van der Waals surface area contributed by atoms with Crippen LogP contribution in [0.2, 0.25) is 0 Å². The van der Waals surface area contributed by atoms with Gasteiger partial charge < -0.3 is 9.88 Å². The first-order valence-electron chi connectivity index (χ1n) is 11.1. The van der Waals surface area contributed by atoms with Crippen molar-refractivity contribution in [2.75, 3.05) is 26.2 Å². The first kappa shape index (κ1) is 22.6. The van der Waals surface area contributed by atoms with Gasteiger partial charge in [0, 0.05) is 49.9 Å². The molecule has 33 heavy (non-hydrogen) atoms. The molecule has 1 aromatic carbocycles. The monoisotopic (exact) mass is 444 g/mol. The van der Waals surface area contributed by atoms with E-state index in [4.69, 9.17) is 10.2 Å². The maximum Gasteiger partial charge on any atom is 0.236 e. The first-order chi connectivity index (χ1) is 15.8. The van der Waals surface area contributed by atoms with E-state index in [1.165, 1.54) is 0 Å². The Balaban J connectivity index is 1.47. The summed E-state index contributed by atoms with van der Waals surface area (Å²) in [6.07, 6.45) is 3.36. The molecule has 8 heteroatoms. The number of aromatic nitrogens is 3. The van der Waals surface area contributed by atoms with Crippen molar-refractivity contribution >= 4 is 22.9 Å². The second-order valence-electron chi connectivity index (χ2n) is 9.43. The zero-order valence-corrected chi connectivity index (χ0v) is 19.3. The lowest BCUT2D eigenvalue weighted by molar-refractivity contribution is -0.131. The van der Waals surface area contributed by atoms with Gasteiger partial charge in [-0.1, -0.05) is 39.0 Å². The number of benzene rings is 1. The smallest absolute Gasteiger partial charge is 0.236 e. The number of hydrogen-bond acceptors (Lipinski definition) is 6. The van der Waals surface area contributed by atoms with Crippen LogP contribution in [0.25, 0.3) is 22.4 Å². The molecular formula is C25H28N6O2. The summed E-state index contributed by atoms with van der Waals surface area (Å²) < 4.78 is 0. The van der Waals surface area contributed by atoms with E-state index in [0.717, 1.165) is 36.5 Å². The highest BCUT2D eigenvalue weighted by Gasteiger charge is 2.26. The lowest BCUT2D eigenvalue weighted by atomic mass is 9.87. The molecule has 1 saturated heterocycles. The van der Waals surface area contributed by atoms with Gasteiger partial charge in [-0.15, -0.1) is 0 Å². The first-order valence-corrected chi connectivity index (χ1v) is 11.1. The summed E-state index contributed by atoms with van der Waals surface area (Å²) in [6.45, 7) is 9.30. The van der Waals surface area contributed by atoms with E-state index in [1.807, 2.05) is 39.0 Å². The highest BCUT2D eigenvalue weighted by Crippen LogP contribution is 2.27. The van der Waals surface area contributed by atoms with Gasteiger partial charge in [0.25, 0.3) is 0 Å². The van der Waals surface area contributed by atoms with E-state index in [1.54, 1.807) is 17.3 Å². The standard InChI is InChI=1S/C25H28N6O2/c1-25(2,3)23(33)19-14-28-24-22(19)27-15-20(29-24)18-6-4-5-17(13-18)16-30-9-11-31(12-10-30)21(32)7-8-26/h4-6,13-15H,7,9-12,16H2,1-3H3,(H,28,29). The van der Waals surface area contributed by atoms with Crippen LogP contribution >= 0.6 is 0 Å². The second-order valence-corrected chi connectivity index (χ2v) is 9.43. The van der Waals surface area contributed by atoms with E-state index >= 15 is 0 Å². The van der Waals surface area contributed by atoms with Crippen molar-refractivity contribution in [3.05, 3.63) is 47.8 Å². The average molecular weight is 445 g/mol. The van der Waals surface area contributed by atoms with Crippen LogP contribution in [0.3, 0.4) is 0 Å². The van der Waals surface area contributed by atoms with Gasteiger partial charge in [-0.05, 0) is 11.6 Å². The molecule has 0 atom stereocenters. The van der Waals surface area contributed by atoms with Crippen LogP contribution < -0.4 is 0 Å². The Bertz CT molecular complexity index is 1230.